The zero-order chi connectivity index (χ0) is 14.7. The number of carbonyl (C=O) groups is 2. The van der Waals surface area contributed by atoms with Crippen molar-refractivity contribution >= 4 is 23.5 Å². The molecule has 108 valence electrons. The number of rotatable bonds is 3. The average molecular weight is 296 g/mol. The summed E-state index contributed by atoms with van der Waals surface area (Å²) >= 11 is 5.95. The molecule has 1 heterocycles. The third-order valence-corrected chi connectivity index (χ3v) is 3.93. The number of carboxylic acid groups (broad SMARTS) is 1. The van der Waals surface area contributed by atoms with E-state index >= 15 is 0 Å². The summed E-state index contributed by atoms with van der Waals surface area (Å²) in [6.07, 6.45) is 1.84. The van der Waals surface area contributed by atoms with Gasteiger partial charge in [-0.15, -0.1) is 0 Å². The molecule has 5 heteroatoms. The Morgan fingerprint density at radius 2 is 2.20 bits per heavy atom. The number of benzene rings is 1. The molecule has 1 aromatic rings. The topological polar surface area (TPSA) is 57.6 Å². The number of hydrogen-bond acceptors (Lipinski definition) is 2. The van der Waals surface area contributed by atoms with Crippen molar-refractivity contribution < 1.29 is 14.7 Å². The van der Waals surface area contributed by atoms with E-state index in [1.54, 1.807) is 17.0 Å². The number of amides is 1. The molecular formula is C15H18ClNO3. The van der Waals surface area contributed by atoms with Crippen LogP contribution in [-0.2, 0) is 4.79 Å². The number of halogens is 1. The van der Waals surface area contributed by atoms with E-state index in [2.05, 4.69) is 0 Å². The predicted molar refractivity (Wildman–Crippen MR) is 77.1 cm³/mol. The van der Waals surface area contributed by atoms with Crippen LogP contribution in [0.1, 0.15) is 35.2 Å². The highest BCUT2D eigenvalue weighted by Gasteiger charge is 2.26. The molecule has 1 unspecified atom stereocenters. The highest BCUT2D eigenvalue weighted by Crippen LogP contribution is 2.23. The summed E-state index contributed by atoms with van der Waals surface area (Å²) in [4.78, 5) is 25.1. The smallest absolute Gasteiger partial charge is 0.303 e. The molecule has 4 nitrogen and oxygen atoms in total. The summed E-state index contributed by atoms with van der Waals surface area (Å²) in [7, 11) is 0. The van der Waals surface area contributed by atoms with Crippen LogP contribution < -0.4 is 0 Å². The van der Waals surface area contributed by atoms with E-state index in [9.17, 15) is 9.59 Å². The molecule has 1 fully saturated rings. The first-order valence-electron chi connectivity index (χ1n) is 6.74. The van der Waals surface area contributed by atoms with Gasteiger partial charge in [0.15, 0.2) is 0 Å². The maximum Gasteiger partial charge on any atom is 0.303 e. The Balaban J connectivity index is 2.12. The van der Waals surface area contributed by atoms with E-state index in [-0.39, 0.29) is 18.2 Å². The molecule has 1 aliphatic rings. The minimum Gasteiger partial charge on any atom is -0.481 e. The Hall–Kier alpha value is -1.55. The lowest BCUT2D eigenvalue weighted by molar-refractivity contribution is -0.138. The van der Waals surface area contributed by atoms with Crippen LogP contribution in [0.5, 0.6) is 0 Å². The number of aliphatic carboxylic acids is 1. The summed E-state index contributed by atoms with van der Waals surface area (Å²) < 4.78 is 0. The fourth-order valence-corrected chi connectivity index (χ4v) is 2.83. The molecule has 0 bridgehead atoms. The van der Waals surface area contributed by atoms with Crippen LogP contribution in [-0.4, -0.2) is 35.0 Å². The van der Waals surface area contributed by atoms with E-state index in [1.165, 1.54) is 0 Å². The van der Waals surface area contributed by atoms with Gasteiger partial charge in [0.2, 0.25) is 0 Å². The second-order valence-electron chi connectivity index (χ2n) is 5.32. The van der Waals surface area contributed by atoms with Gasteiger partial charge in [0.1, 0.15) is 0 Å². The fraction of sp³-hybridized carbons (Fsp3) is 0.467. The maximum atomic E-state index is 12.5. The zero-order valence-corrected chi connectivity index (χ0v) is 12.2. The highest BCUT2D eigenvalue weighted by molar-refractivity contribution is 6.31. The minimum absolute atomic E-state index is 0.0460. The lowest BCUT2D eigenvalue weighted by atomic mass is 9.94. The molecule has 1 aromatic carbocycles. The molecule has 0 aliphatic carbocycles. The van der Waals surface area contributed by atoms with Crippen molar-refractivity contribution in [3.05, 3.63) is 34.3 Å². The van der Waals surface area contributed by atoms with Crippen molar-refractivity contribution in [1.82, 2.24) is 4.90 Å². The number of carbonyl (C=O) groups excluding carboxylic acids is 1. The second-order valence-corrected chi connectivity index (χ2v) is 5.75. The van der Waals surface area contributed by atoms with Gasteiger partial charge >= 0.3 is 5.97 Å². The number of likely N-dealkylation sites (tertiary alicyclic amines) is 1. The Morgan fingerprint density at radius 1 is 1.45 bits per heavy atom. The Kier molecular flexibility index (Phi) is 4.65. The average Bonchev–Trinajstić information content (AvgIpc) is 2.40. The molecule has 1 aliphatic heterocycles. The van der Waals surface area contributed by atoms with E-state index in [0.717, 1.165) is 18.4 Å². The second kappa shape index (κ2) is 6.27. The number of nitrogens with zero attached hydrogens (tertiary/aromatic N) is 1. The van der Waals surface area contributed by atoms with E-state index in [4.69, 9.17) is 16.7 Å². The lowest BCUT2D eigenvalue weighted by Gasteiger charge is -2.32. The normalized spacial score (nSPS) is 18.9. The first kappa shape index (κ1) is 14.9. The Morgan fingerprint density at radius 3 is 2.90 bits per heavy atom. The van der Waals surface area contributed by atoms with Gasteiger partial charge in [-0.2, -0.15) is 0 Å². The van der Waals surface area contributed by atoms with Crippen molar-refractivity contribution in [2.45, 2.75) is 26.2 Å². The zero-order valence-electron chi connectivity index (χ0n) is 11.4. The van der Waals surface area contributed by atoms with Crippen LogP contribution in [0.2, 0.25) is 5.02 Å². The SMILES string of the molecule is Cc1ccc(Cl)cc1C(=O)N1CCCC(CC(=O)O)C1. The van der Waals surface area contributed by atoms with Crippen LogP contribution in [0.15, 0.2) is 18.2 Å². The number of carboxylic acids is 1. The van der Waals surface area contributed by atoms with Crippen LogP contribution in [0.25, 0.3) is 0 Å². The van der Waals surface area contributed by atoms with Crippen LogP contribution in [0, 0.1) is 12.8 Å². The summed E-state index contributed by atoms with van der Waals surface area (Å²) in [5.41, 5.74) is 1.49. The Labute approximate surface area is 123 Å². The van der Waals surface area contributed by atoms with Crippen LogP contribution in [0.4, 0.5) is 0 Å². The van der Waals surface area contributed by atoms with Gasteiger partial charge in [-0.05, 0) is 43.4 Å². The van der Waals surface area contributed by atoms with Gasteiger partial charge in [0.25, 0.3) is 5.91 Å². The standard InChI is InChI=1S/C15H18ClNO3/c1-10-4-5-12(16)8-13(10)15(20)17-6-2-3-11(9-17)7-14(18)19/h4-5,8,11H,2-3,6-7,9H2,1H3,(H,18,19). The van der Waals surface area contributed by atoms with E-state index in [0.29, 0.717) is 23.7 Å². The van der Waals surface area contributed by atoms with Crippen molar-refractivity contribution in [2.75, 3.05) is 13.1 Å². The highest BCUT2D eigenvalue weighted by atomic mass is 35.5. The molecule has 1 atom stereocenters. The number of aryl methyl sites for hydroxylation is 1. The first-order chi connectivity index (χ1) is 9.47. The predicted octanol–water partition coefficient (Wildman–Crippen LogP) is 2.98. The van der Waals surface area contributed by atoms with Crippen molar-refractivity contribution in [3.63, 3.8) is 0 Å². The molecule has 1 saturated heterocycles. The van der Waals surface area contributed by atoms with Crippen molar-refractivity contribution in [3.8, 4) is 0 Å². The van der Waals surface area contributed by atoms with Gasteiger partial charge in [-0.25, -0.2) is 0 Å². The summed E-state index contributed by atoms with van der Waals surface area (Å²) in [6, 6.07) is 5.27. The Bertz CT molecular complexity index is 530. The largest absolute Gasteiger partial charge is 0.481 e. The van der Waals surface area contributed by atoms with E-state index < -0.39 is 5.97 Å². The molecule has 0 aromatic heterocycles. The van der Waals surface area contributed by atoms with E-state index in [1.807, 2.05) is 13.0 Å². The molecule has 1 N–H and O–H groups in total. The molecule has 0 radical (unpaired) electrons. The number of hydrogen-bond donors (Lipinski definition) is 1. The molecule has 0 saturated carbocycles. The first-order valence-corrected chi connectivity index (χ1v) is 7.12. The summed E-state index contributed by atoms with van der Waals surface area (Å²) in [6.45, 7) is 3.07. The molecule has 0 spiro atoms. The molecule has 2 rings (SSSR count). The van der Waals surface area contributed by atoms with Gasteiger partial charge < -0.3 is 10.0 Å². The number of piperidine rings is 1. The molecular weight excluding hydrogens is 278 g/mol. The monoisotopic (exact) mass is 295 g/mol. The van der Waals surface area contributed by atoms with Gasteiger partial charge in [0, 0.05) is 30.1 Å². The van der Waals surface area contributed by atoms with Crippen LogP contribution >= 0.6 is 11.6 Å². The third kappa shape index (κ3) is 3.51. The quantitative estimate of drug-likeness (QED) is 0.932. The molecule has 1 amide bonds. The van der Waals surface area contributed by atoms with Gasteiger partial charge in [-0.1, -0.05) is 17.7 Å². The third-order valence-electron chi connectivity index (χ3n) is 3.70. The maximum absolute atomic E-state index is 12.5. The summed E-state index contributed by atoms with van der Waals surface area (Å²) in [5.74, 6) is -0.812. The van der Waals surface area contributed by atoms with Crippen molar-refractivity contribution in [2.24, 2.45) is 5.92 Å². The summed E-state index contributed by atoms with van der Waals surface area (Å²) in [5, 5.41) is 9.41. The minimum atomic E-state index is -0.803. The van der Waals surface area contributed by atoms with Crippen LogP contribution in [0.3, 0.4) is 0 Å². The lowest BCUT2D eigenvalue weighted by Crippen LogP contribution is -2.40. The van der Waals surface area contributed by atoms with Gasteiger partial charge in [0.05, 0.1) is 0 Å². The van der Waals surface area contributed by atoms with Crippen molar-refractivity contribution in [1.29, 1.82) is 0 Å². The fourth-order valence-electron chi connectivity index (χ4n) is 2.66. The van der Waals surface area contributed by atoms with Gasteiger partial charge in [-0.3, -0.25) is 9.59 Å². The molecule has 20 heavy (non-hydrogen) atoms.